The van der Waals surface area contributed by atoms with Crippen molar-refractivity contribution in [3.8, 4) is 0 Å². The molecule has 0 unspecified atom stereocenters. The number of amidine groups is 1. The summed E-state index contributed by atoms with van der Waals surface area (Å²) in [5, 5.41) is 4.48. The van der Waals surface area contributed by atoms with Crippen LogP contribution >= 0.6 is 11.5 Å². The number of nitrogens with one attached hydrogen (secondary N) is 1. The minimum atomic E-state index is 0.398. The summed E-state index contributed by atoms with van der Waals surface area (Å²) in [6.07, 6.45) is 4.71. The van der Waals surface area contributed by atoms with E-state index in [9.17, 15) is 0 Å². The van der Waals surface area contributed by atoms with Gasteiger partial charge in [0.1, 0.15) is 5.82 Å². The molecular formula is C13H17N5S. The van der Waals surface area contributed by atoms with Crippen LogP contribution in [0.3, 0.4) is 0 Å². The number of hydrogen-bond donors (Lipinski definition) is 1. The number of aliphatic imine (C=N–C) groups is 1. The topological polar surface area (TPSA) is 53.4 Å². The second-order valence-corrected chi connectivity index (χ2v) is 6.10. The predicted octanol–water partition coefficient (Wildman–Crippen LogP) is 1.35. The Bertz CT molecular complexity index is 557. The second-order valence-electron chi connectivity index (χ2n) is 5.35. The minimum Gasteiger partial charge on any atom is -0.325 e. The molecule has 5 nitrogen and oxygen atoms in total. The standard InChI is InChI=1S/C13H17N5S/c1-8-10-4-5-15-12(18(10)7-6-14-8)13-16-11(17-19-13)9-2-3-9/h4,8-9,14H,2-3,5-7H2,1H3/t8-/m1/s1. The molecule has 1 atom stereocenters. The summed E-state index contributed by atoms with van der Waals surface area (Å²) in [6.45, 7) is 4.92. The van der Waals surface area contributed by atoms with Crippen LogP contribution in [-0.4, -0.2) is 45.8 Å². The first kappa shape index (κ1) is 11.5. The fourth-order valence-electron chi connectivity index (χ4n) is 2.70. The van der Waals surface area contributed by atoms with Crippen molar-refractivity contribution < 1.29 is 0 Å². The highest BCUT2D eigenvalue weighted by molar-refractivity contribution is 7.07. The van der Waals surface area contributed by atoms with Crippen molar-refractivity contribution in [2.75, 3.05) is 19.6 Å². The highest BCUT2D eigenvalue weighted by atomic mass is 32.1. The fraction of sp³-hybridized carbons (Fsp3) is 0.615. The van der Waals surface area contributed by atoms with Gasteiger partial charge in [-0.1, -0.05) is 0 Å². The van der Waals surface area contributed by atoms with Crippen LogP contribution in [0.4, 0.5) is 0 Å². The van der Waals surface area contributed by atoms with E-state index in [2.05, 4.69) is 32.6 Å². The van der Waals surface area contributed by atoms with Gasteiger partial charge in [-0.05, 0) is 37.4 Å². The third kappa shape index (κ3) is 1.99. The molecule has 0 amide bonds. The van der Waals surface area contributed by atoms with E-state index < -0.39 is 0 Å². The average Bonchev–Trinajstić information content (AvgIpc) is 3.17. The van der Waals surface area contributed by atoms with Gasteiger partial charge in [0, 0.05) is 30.7 Å². The van der Waals surface area contributed by atoms with Crippen molar-refractivity contribution in [3.05, 3.63) is 22.6 Å². The zero-order valence-corrected chi connectivity index (χ0v) is 11.8. The predicted molar refractivity (Wildman–Crippen MR) is 75.5 cm³/mol. The molecule has 1 aromatic rings. The van der Waals surface area contributed by atoms with Gasteiger partial charge in [-0.3, -0.25) is 4.99 Å². The first-order chi connectivity index (χ1) is 9.33. The van der Waals surface area contributed by atoms with Crippen molar-refractivity contribution >= 4 is 17.4 Å². The molecule has 6 heteroatoms. The molecular weight excluding hydrogens is 258 g/mol. The molecule has 0 aromatic carbocycles. The molecule has 1 aromatic heterocycles. The molecule has 2 aliphatic heterocycles. The molecule has 1 aliphatic carbocycles. The maximum atomic E-state index is 4.70. The van der Waals surface area contributed by atoms with Crippen LogP contribution in [0.15, 0.2) is 16.8 Å². The van der Waals surface area contributed by atoms with Crippen molar-refractivity contribution in [2.45, 2.75) is 31.7 Å². The first-order valence-electron chi connectivity index (χ1n) is 6.92. The molecule has 4 rings (SSSR count). The molecule has 0 bridgehead atoms. The Labute approximate surface area is 116 Å². The van der Waals surface area contributed by atoms with Crippen LogP contribution < -0.4 is 5.32 Å². The van der Waals surface area contributed by atoms with Crippen molar-refractivity contribution in [2.24, 2.45) is 4.99 Å². The van der Waals surface area contributed by atoms with Gasteiger partial charge in [-0.2, -0.15) is 4.37 Å². The Balaban J connectivity index is 1.64. The van der Waals surface area contributed by atoms with Gasteiger partial charge in [0.25, 0.3) is 0 Å². The SMILES string of the molecule is C[C@H]1NCCN2C1=CCN=C2c1nc(C2CC2)ns1. The molecule has 3 aliphatic rings. The second kappa shape index (κ2) is 4.38. The van der Waals surface area contributed by atoms with Crippen LogP contribution in [0.2, 0.25) is 0 Å². The van der Waals surface area contributed by atoms with Crippen molar-refractivity contribution in [1.82, 2.24) is 19.6 Å². The van der Waals surface area contributed by atoms with E-state index in [1.807, 2.05) is 0 Å². The Hall–Kier alpha value is -1.27. The number of hydrogen-bond acceptors (Lipinski definition) is 6. The molecule has 0 spiro atoms. The van der Waals surface area contributed by atoms with Crippen molar-refractivity contribution in [1.29, 1.82) is 0 Å². The van der Waals surface area contributed by atoms with E-state index in [-0.39, 0.29) is 0 Å². The summed E-state index contributed by atoms with van der Waals surface area (Å²) >= 11 is 1.50. The summed E-state index contributed by atoms with van der Waals surface area (Å²) in [5.74, 6) is 2.67. The van der Waals surface area contributed by atoms with Crippen molar-refractivity contribution in [3.63, 3.8) is 0 Å². The Morgan fingerprint density at radius 2 is 2.32 bits per heavy atom. The normalized spacial score (nSPS) is 26.8. The summed E-state index contributed by atoms with van der Waals surface area (Å²) in [7, 11) is 0. The lowest BCUT2D eigenvalue weighted by molar-refractivity contribution is 0.369. The summed E-state index contributed by atoms with van der Waals surface area (Å²) in [4.78, 5) is 11.7. The Morgan fingerprint density at radius 3 is 3.16 bits per heavy atom. The lowest BCUT2D eigenvalue weighted by Gasteiger charge is -2.38. The van der Waals surface area contributed by atoms with Gasteiger partial charge >= 0.3 is 0 Å². The zero-order valence-electron chi connectivity index (χ0n) is 11.0. The Morgan fingerprint density at radius 1 is 1.42 bits per heavy atom. The molecule has 1 saturated heterocycles. The third-order valence-corrected chi connectivity index (χ3v) is 4.64. The molecule has 19 heavy (non-hydrogen) atoms. The van der Waals surface area contributed by atoms with Gasteiger partial charge in [0.05, 0.1) is 6.54 Å². The highest BCUT2D eigenvalue weighted by Crippen LogP contribution is 2.39. The van der Waals surface area contributed by atoms with Gasteiger partial charge < -0.3 is 10.2 Å². The Kier molecular flexibility index (Phi) is 2.66. The van der Waals surface area contributed by atoms with Crippen LogP contribution in [0.25, 0.3) is 0 Å². The smallest absolute Gasteiger partial charge is 0.179 e. The summed E-state index contributed by atoms with van der Waals surface area (Å²) in [5.41, 5.74) is 1.33. The fourth-order valence-corrected chi connectivity index (χ4v) is 3.46. The summed E-state index contributed by atoms with van der Waals surface area (Å²) in [6, 6.07) is 0.398. The van der Waals surface area contributed by atoms with E-state index in [1.165, 1.54) is 30.1 Å². The largest absolute Gasteiger partial charge is 0.325 e. The highest BCUT2D eigenvalue weighted by Gasteiger charge is 2.32. The number of nitrogens with zero attached hydrogens (tertiary/aromatic N) is 4. The first-order valence-corrected chi connectivity index (χ1v) is 7.69. The molecule has 3 heterocycles. The average molecular weight is 275 g/mol. The quantitative estimate of drug-likeness (QED) is 0.885. The van der Waals surface area contributed by atoms with Crippen LogP contribution in [-0.2, 0) is 0 Å². The minimum absolute atomic E-state index is 0.398. The van der Waals surface area contributed by atoms with Crippen LogP contribution in [0.5, 0.6) is 0 Å². The number of fused-ring (bicyclic) bond motifs is 1. The van der Waals surface area contributed by atoms with E-state index in [0.29, 0.717) is 12.0 Å². The van der Waals surface area contributed by atoms with E-state index >= 15 is 0 Å². The molecule has 1 saturated carbocycles. The zero-order chi connectivity index (χ0) is 12.8. The van der Waals surface area contributed by atoms with Crippen LogP contribution in [0.1, 0.15) is 36.5 Å². The van der Waals surface area contributed by atoms with E-state index in [4.69, 9.17) is 4.98 Å². The van der Waals surface area contributed by atoms with Gasteiger partial charge in [0.15, 0.2) is 10.8 Å². The maximum absolute atomic E-state index is 4.70. The van der Waals surface area contributed by atoms with Gasteiger partial charge in [-0.15, -0.1) is 0 Å². The molecule has 100 valence electrons. The number of piperazine rings is 1. The molecule has 1 N–H and O–H groups in total. The number of rotatable bonds is 2. The lowest BCUT2D eigenvalue weighted by Crippen LogP contribution is -2.51. The molecule has 0 radical (unpaired) electrons. The maximum Gasteiger partial charge on any atom is 0.179 e. The number of aromatic nitrogens is 2. The monoisotopic (exact) mass is 275 g/mol. The molecule has 2 fully saturated rings. The van der Waals surface area contributed by atoms with Crippen LogP contribution in [0, 0.1) is 0 Å². The van der Waals surface area contributed by atoms with E-state index in [0.717, 1.165) is 36.3 Å². The van der Waals surface area contributed by atoms with Gasteiger partial charge in [-0.25, -0.2) is 4.98 Å². The summed E-state index contributed by atoms with van der Waals surface area (Å²) < 4.78 is 4.50. The lowest BCUT2D eigenvalue weighted by atomic mass is 10.1. The van der Waals surface area contributed by atoms with Gasteiger partial charge in [0.2, 0.25) is 0 Å². The van der Waals surface area contributed by atoms with E-state index in [1.54, 1.807) is 0 Å². The third-order valence-electron chi connectivity index (χ3n) is 3.91.